The molecule has 9 nitrogen and oxygen atoms in total. The fourth-order valence-corrected chi connectivity index (χ4v) is 4.63. The Morgan fingerprint density at radius 1 is 1.14 bits per heavy atom. The summed E-state index contributed by atoms with van der Waals surface area (Å²) in [7, 11) is -8.52. The van der Waals surface area contributed by atoms with Gasteiger partial charge in [-0.25, -0.2) is 0 Å². The van der Waals surface area contributed by atoms with Crippen molar-refractivity contribution in [2.45, 2.75) is 49.8 Å². The molecule has 1 aromatic rings. The molecular weight excluding hydrogens is 433 g/mol. The van der Waals surface area contributed by atoms with Crippen LogP contribution in [-0.2, 0) is 30.4 Å². The minimum Gasteiger partial charge on any atom is -0.481 e. The fraction of sp³-hybridized carbons (Fsp3) is 0.529. The molecule has 0 aliphatic carbocycles. The van der Waals surface area contributed by atoms with Gasteiger partial charge in [-0.05, 0) is 31.9 Å². The number of hydrogen-bond donors (Lipinski definition) is 3. The summed E-state index contributed by atoms with van der Waals surface area (Å²) in [6, 6.07) is 4.18. The Kier molecular flexibility index (Phi) is 8.63. The third-order valence-electron chi connectivity index (χ3n) is 5.21. The van der Waals surface area contributed by atoms with E-state index in [1.807, 2.05) is 18.4 Å². The summed E-state index contributed by atoms with van der Waals surface area (Å²) >= 11 is 0. The number of carbonyl (C=O) groups is 1. The zero-order chi connectivity index (χ0) is 21.3. The molecule has 0 fully saturated rings. The Morgan fingerprint density at radius 3 is 2.28 bits per heavy atom. The summed E-state index contributed by atoms with van der Waals surface area (Å²) in [6.45, 7) is 3.96. The van der Waals surface area contributed by atoms with Gasteiger partial charge in [-0.3, -0.25) is 13.9 Å². The van der Waals surface area contributed by atoms with Crippen LogP contribution in [0.4, 0.5) is 5.69 Å². The van der Waals surface area contributed by atoms with Crippen LogP contribution in [0.2, 0.25) is 0 Å². The molecular formula is C17H24NNaO8S2+2. The first-order valence-electron chi connectivity index (χ1n) is 8.66. The van der Waals surface area contributed by atoms with Crippen LogP contribution in [0.1, 0.15) is 45.1 Å². The summed E-state index contributed by atoms with van der Waals surface area (Å²) < 4.78 is 65.3. The van der Waals surface area contributed by atoms with E-state index >= 15 is 0 Å². The van der Waals surface area contributed by atoms with E-state index in [1.54, 1.807) is 0 Å². The molecule has 0 bridgehead atoms. The molecule has 0 saturated carbocycles. The Labute approximate surface area is 192 Å². The van der Waals surface area contributed by atoms with Gasteiger partial charge in [0.2, 0.25) is 5.69 Å². The molecule has 0 radical (unpaired) electrons. The Bertz CT molecular complexity index is 1030. The van der Waals surface area contributed by atoms with E-state index in [4.69, 9.17) is 9.66 Å². The molecule has 29 heavy (non-hydrogen) atoms. The van der Waals surface area contributed by atoms with Gasteiger partial charge in [0.25, 0.3) is 20.2 Å². The van der Waals surface area contributed by atoms with Crippen LogP contribution in [-0.4, -0.2) is 59.6 Å². The van der Waals surface area contributed by atoms with Crippen molar-refractivity contribution < 1.29 is 70.0 Å². The largest absolute Gasteiger partial charge is 1.00 e. The number of carboxylic acids is 1. The maximum absolute atomic E-state index is 11.6. The molecule has 0 saturated heterocycles. The van der Waals surface area contributed by atoms with Gasteiger partial charge >= 0.3 is 35.5 Å². The van der Waals surface area contributed by atoms with Crippen molar-refractivity contribution in [3.05, 3.63) is 23.8 Å². The first-order valence-corrected chi connectivity index (χ1v) is 11.7. The molecule has 1 heterocycles. The number of fused-ring (bicyclic) bond motifs is 1. The Balaban J connectivity index is 0.00000420. The SMILES string of the molecule is CC1=[N+](CCCS(=O)(=O)O)c2ccc(S(=O)(=O)O)cc2C1(C)CCCC(=O)O.[Na+]. The van der Waals surface area contributed by atoms with Crippen LogP contribution in [0.15, 0.2) is 23.1 Å². The Hall–Kier alpha value is -0.820. The van der Waals surface area contributed by atoms with E-state index in [0.717, 1.165) is 5.71 Å². The number of nitrogens with zero attached hydrogens (tertiary/aromatic N) is 1. The molecule has 156 valence electrons. The van der Waals surface area contributed by atoms with Gasteiger partial charge in [0.15, 0.2) is 5.71 Å². The second kappa shape index (κ2) is 9.54. The molecule has 2 rings (SSSR count). The fourth-order valence-electron chi connectivity index (χ4n) is 3.63. The van der Waals surface area contributed by atoms with Gasteiger partial charge in [0, 0.05) is 31.4 Å². The van der Waals surface area contributed by atoms with Gasteiger partial charge < -0.3 is 5.11 Å². The molecule has 1 aromatic carbocycles. The maximum atomic E-state index is 11.6. The van der Waals surface area contributed by atoms with Crippen molar-refractivity contribution in [1.29, 1.82) is 0 Å². The average molecular weight is 458 g/mol. The first kappa shape index (κ1) is 26.2. The average Bonchev–Trinajstić information content (AvgIpc) is 2.74. The van der Waals surface area contributed by atoms with Crippen LogP contribution >= 0.6 is 0 Å². The quantitative estimate of drug-likeness (QED) is 0.239. The van der Waals surface area contributed by atoms with Crippen LogP contribution < -0.4 is 29.6 Å². The standard InChI is InChI=1S/C17H23NO8S2.Na/c1-12-17(2,8-3-5-16(19)20)14-11-13(28(24,25)26)6-7-15(14)18(12)9-4-10-27(21,22)23;/h6-7,11H,3-5,8-10H2,1-2H3,(H2-,19,20,21,22,23,24,25,26);/q;+1/p+1. The smallest absolute Gasteiger partial charge is 0.481 e. The summed E-state index contributed by atoms with van der Waals surface area (Å²) in [4.78, 5) is 10.6. The van der Waals surface area contributed by atoms with Gasteiger partial charge in [-0.2, -0.15) is 21.4 Å². The van der Waals surface area contributed by atoms with E-state index in [-0.39, 0.29) is 53.8 Å². The van der Waals surface area contributed by atoms with Gasteiger partial charge in [-0.1, -0.05) is 0 Å². The van der Waals surface area contributed by atoms with E-state index in [0.29, 0.717) is 24.1 Å². The number of rotatable bonds is 9. The van der Waals surface area contributed by atoms with E-state index in [1.165, 1.54) is 18.2 Å². The third kappa shape index (κ3) is 6.33. The first-order chi connectivity index (χ1) is 12.8. The molecule has 12 heteroatoms. The topological polar surface area (TPSA) is 149 Å². The molecule has 0 spiro atoms. The van der Waals surface area contributed by atoms with E-state index < -0.39 is 37.4 Å². The predicted octanol–water partition coefficient (Wildman–Crippen LogP) is -1.15. The Morgan fingerprint density at radius 2 is 1.76 bits per heavy atom. The molecule has 1 unspecified atom stereocenters. The van der Waals surface area contributed by atoms with Crippen LogP contribution in [0.5, 0.6) is 0 Å². The number of hydrogen-bond acceptors (Lipinski definition) is 5. The van der Waals surface area contributed by atoms with Crippen molar-refractivity contribution in [3.63, 3.8) is 0 Å². The zero-order valence-electron chi connectivity index (χ0n) is 16.6. The molecule has 0 amide bonds. The van der Waals surface area contributed by atoms with Crippen molar-refractivity contribution in [3.8, 4) is 0 Å². The van der Waals surface area contributed by atoms with E-state index in [9.17, 15) is 26.2 Å². The van der Waals surface area contributed by atoms with Crippen LogP contribution in [0, 0.1) is 0 Å². The molecule has 1 aliphatic rings. The van der Waals surface area contributed by atoms with Crippen molar-refractivity contribution in [1.82, 2.24) is 0 Å². The minimum absolute atomic E-state index is 0. The summed E-state index contributed by atoms with van der Waals surface area (Å²) in [6.07, 6.45) is 0.902. The van der Waals surface area contributed by atoms with Crippen molar-refractivity contribution in [2.24, 2.45) is 0 Å². The second-order valence-electron chi connectivity index (χ2n) is 7.11. The maximum Gasteiger partial charge on any atom is 1.00 e. The monoisotopic (exact) mass is 457 g/mol. The zero-order valence-corrected chi connectivity index (χ0v) is 20.3. The minimum atomic E-state index is -4.41. The van der Waals surface area contributed by atoms with Crippen LogP contribution in [0.25, 0.3) is 0 Å². The van der Waals surface area contributed by atoms with Gasteiger partial charge in [0.05, 0.1) is 16.1 Å². The number of benzene rings is 1. The molecule has 0 aromatic heterocycles. The summed E-state index contributed by atoms with van der Waals surface area (Å²) in [5.74, 6) is -1.35. The number of aliphatic carboxylic acids is 1. The van der Waals surface area contributed by atoms with Gasteiger partial charge in [0.1, 0.15) is 6.54 Å². The summed E-state index contributed by atoms with van der Waals surface area (Å²) in [5.41, 5.74) is 1.43. The molecule has 3 N–H and O–H groups in total. The van der Waals surface area contributed by atoms with Crippen LogP contribution in [0.3, 0.4) is 0 Å². The predicted molar refractivity (Wildman–Crippen MR) is 102 cm³/mol. The van der Waals surface area contributed by atoms with Gasteiger partial charge in [-0.15, -0.1) is 0 Å². The normalized spacial score (nSPS) is 19.0. The summed E-state index contributed by atoms with van der Waals surface area (Å²) in [5, 5.41) is 8.92. The molecule has 1 aliphatic heterocycles. The second-order valence-corrected chi connectivity index (χ2v) is 10.1. The number of carboxylic acid groups (broad SMARTS) is 1. The molecule has 1 atom stereocenters. The van der Waals surface area contributed by atoms with E-state index in [2.05, 4.69) is 0 Å². The van der Waals surface area contributed by atoms with Crippen molar-refractivity contribution >= 4 is 37.6 Å². The van der Waals surface area contributed by atoms with Crippen molar-refractivity contribution in [2.75, 3.05) is 12.3 Å². The third-order valence-corrected chi connectivity index (χ3v) is 6.86.